The molecule has 2 heterocycles. The summed E-state index contributed by atoms with van der Waals surface area (Å²) < 4.78 is 1.64. The number of amides is 1. The van der Waals surface area contributed by atoms with Crippen LogP contribution in [0.15, 0.2) is 24.4 Å². The minimum atomic E-state index is -0.603. The maximum absolute atomic E-state index is 11.0. The van der Waals surface area contributed by atoms with Gasteiger partial charge in [-0.25, -0.2) is 4.98 Å². The van der Waals surface area contributed by atoms with Crippen LogP contribution in [-0.2, 0) is 7.05 Å². The number of nitrogen functional groups attached to an aromatic ring is 1. The summed E-state index contributed by atoms with van der Waals surface area (Å²) in [7, 11) is 1.79. The van der Waals surface area contributed by atoms with Crippen molar-refractivity contribution in [2.45, 2.75) is 0 Å². The van der Waals surface area contributed by atoms with E-state index in [1.807, 2.05) is 0 Å². The molecule has 0 fully saturated rings. The van der Waals surface area contributed by atoms with Crippen LogP contribution < -0.4 is 16.8 Å². The molecule has 0 saturated carbocycles. The molecule has 7 heteroatoms. The first-order valence-corrected chi connectivity index (χ1v) is 4.89. The van der Waals surface area contributed by atoms with Gasteiger partial charge in [0.1, 0.15) is 5.69 Å². The zero-order chi connectivity index (χ0) is 12.4. The lowest BCUT2D eigenvalue weighted by Gasteiger charge is -2.06. The molecule has 17 heavy (non-hydrogen) atoms. The van der Waals surface area contributed by atoms with Gasteiger partial charge in [0.05, 0.1) is 5.69 Å². The number of hydrogen-bond acceptors (Lipinski definition) is 5. The number of anilines is 3. The smallest absolute Gasteiger partial charge is 0.267 e. The molecule has 0 atom stereocenters. The normalized spacial score (nSPS) is 10.2. The van der Waals surface area contributed by atoms with Gasteiger partial charge in [0.15, 0.2) is 11.6 Å². The number of aromatic nitrogens is 3. The van der Waals surface area contributed by atoms with E-state index < -0.39 is 5.91 Å². The van der Waals surface area contributed by atoms with Crippen LogP contribution in [0.2, 0.25) is 0 Å². The lowest BCUT2D eigenvalue weighted by atomic mass is 10.3. The molecule has 2 rings (SSSR count). The minimum absolute atomic E-state index is 0.151. The molecule has 0 unspecified atom stereocenters. The minimum Gasteiger partial charge on any atom is -0.396 e. The summed E-state index contributed by atoms with van der Waals surface area (Å²) >= 11 is 0. The van der Waals surface area contributed by atoms with Gasteiger partial charge in [-0.05, 0) is 12.1 Å². The van der Waals surface area contributed by atoms with Crippen LogP contribution in [0.4, 0.5) is 17.3 Å². The molecule has 0 aliphatic carbocycles. The molecule has 7 nitrogen and oxygen atoms in total. The van der Waals surface area contributed by atoms with Crippen LogP contribution >= 0.6 is 0 Å². The van der Waals surface area contributed by atoms with E-state index in [1.54, 1.807) is 30.1 Å². The summed E-state index contributed by atoms with van der Waals surface area (Å²) in [5.41, 5.74) is 11.4. The summed E-state index contributed by atoms with van der Waals surface area (Å²) in [6, 6.07) is 4.80. The maximum Gasteiger partial charge on any atom is 0.267 e. The molecule has 0 saturated heterocycles. The highest BCUT2D eigenvalue weighted by Crippen LogP contribution is 2.19. The van der Waals surface area contributed by atoms with E-state index in [0.29, 0.717) is 17.3 Å². The highest BCUT2D eigenvalue weighted by molar-refractivity contribution is 5.92. The summed E-state index contributed by atoms with van der Waals surface area (Å²) in [6.45, 7) is 0. The molecule has 2 aromatic rings. The van der Waals surface area contributed by atoms with E-state index in [9.17, 15) is 4.79 Å². The van der Waals surface area contributed by atoms with Crippen LogP contribution in [0.1, 0.15) is 10.5 Å². The Labute approximate surface area is 97.4 Å². The third-order valence-electron chi connectivity index (χ3n) is 2.14. The fraction of sp³-hybridized carbons (Fsp3) is 0.100. The number of carbonyl (C=O) groups excluding carboxylic acids is 1. The van der Waals surface area contributed by atoms with Crippen molar-refractivity contribution in [3.05, 3.63) is 30.1 Å². The van der Waals surface area contributed by atoms with Gasteiger partial charge in [0.2, 0.25) is 0 Å². The number of hydrogen-bond donors (Lipinski definition) is 3. The van der Waals surface area contributed by atoms with E-state index in [2.05, 4.69) is 15.4 Å². The van der Waals surface area contributed by atoms with Crippen molar-refractivity contribution in [1.29, 1.82) is 0 Å². The topological polar surface area (TPSA) is 112 Å². The zero-order valence-corrected chi connectivity index (χ0v) is 9.21. The van der Waals surface area contributed by atoms with Gasteiger partial charge < -0.3 is 16.8 Å². The number of nitrogens with zero attached hydrogens (tertiary/aromatic N) is 3. The molecule has 1 amide bonds. The quantitative estimate of drug-likeness (QED) is 0.701. The average Bonchev–Trinajstić information content (AvgIpc) is 2.67. The third-order valence-corrected chi connectivity index (χ3v) is 2.14. The first-order valence-electron chi connectivity index (χ1n) is 4.89. The van der Waals surface area contributed by atoms with Gasteiger partial charge in [-0.2, -0.15) is 5.10 Å². The Morgan fingerprint density at radius 1 is 1.41 bits per heavy atom. The summed E-state index contributed by atoms with van der Waals surface area (Å²) in [5, 5.41) is 7.03. The predicted molar refractivity (Wildman–Crippen MR) is 63.7 cm³/mol. The monoisotopic (exact) mass is 232 g/mol. The molecule has 2 aromatic heterocycles. The first-order chi connectivity index (χ1) is 8.06. The van der Waals surface area contributed by atoms with E-state index >= 15 is 0 Å². The number of pyridine rings is 1. The number of carbonyl (C=O) groups is 1. The van der Waals surface area contributed by atoms with Gasteiger partial charge in [-0.15, -0.1) is 0 Å². The van der Waals surface area contributed by atoms with Gasteiger partial charge in [-0.1, -0.05) is 0 Å². The second kappa shape index (κ2) is 4.12. The Morgan fingerprint density at radius 2 is 2.18 bits per heavy atom. The van der Waals surface area contributed by atoms with Crippen molar-refractivity contribution in [3.63, 3.8) is 0 Å². The highest BCUT2D eigenvalue weighted by Gasteiger charge is 2.08. The van der Waals surface area contributed by atoms with Crippen molar-refractivity contribution >= 4 is 23.2 Å². The van der Waals surface area contributed by atoms with Crippen molar-refractivity contribution < 1.29 is 4.79 Å². The Bertz CT molecular complexity index is 562. The number of primary amides is 1. The lowest BCUT2D eigenvalue weighted by molar-refractivity contribution is 0.0996. The van der Waals surface area contributed by atoms with Crippen LogP contribution in [0.25, 0.3) is 0 Å². The summed E-state index contributed by atoms with van der Waals surface area (Å²) in [6.07, 6.45) is 1.77. The van der Waals surface area contributed by atoms with Crippen LogP contribution in [0, 0.1) is 0 Å². The van der Waals surface area contributed by atoms with Crippen LogP contribution in [-0.4, -0.2) is 20.7 Å². The molecule has 0 radical (unpaired) electrons. The lowest BCUT2D eigenvalue weighted by Crippen LogP contribution is -2.14. The SMILES string of the molecule is Cn1ccc(Nc2nc(C(N)=O)ccc2N)n1. The largest absolute Gasteiger partial charge is 0.396 e. The van der Waals surface area contributed by atoms with Crippen LogP contribution in [0.5, 0.6) is 0 Å². The zero-order valence-electron chi connectivity index (χ0n) is 9.21. The molecule has 0 bridgehead atoms. The van der Waals surface area contributed by atoms with Gasteiger partial charge in [-0.3, -0.25) is 9.48 Å². The van der Waals surface area contributed by atoms with Crippen molar-refractivity contribution in [2.75, 3.05) is 11.1 Å². The molecular weight excluding hydrogens is 220 g/mol. The highest BCUT2D eigenvalue weighted by atomic mass is 16.1. The van der Waals surface area contributed by atoms with Gasteiger partial charge in [0.25, 0.3) is 5.91 Å². The molecular formula is C10H12N6O. The number of nitrogens with two attached hydrogens (primary N) is 2. The Balaban J connectivity index is 2.31. The Hall–Kier alpha value is -2.57. The Morgan fingerprint density at radius 3 is 2.76 bits per heavy atom. The number of nitrogens with one attached hydrogen (secondary N) is 1. The third kappa shape index (κ3) is 2.33. The predicted octanol–water partition coefficient (Wildman–Crippen LogP) is 0.240. The first kappa shape index (κ1) is 10.9. The summed E-state index contributed by atoms with van der Waals surface area (Å²) in [5.74, 6) is 0.349. The number of rotatable bonds is 3. The second-order valence-electron chi connectivity index (χ2n) is 3.50. The summed E-state index contributed by atoms with van der Waals surface area (Å²) in [4.78, 5) is 15.0. The van der Waals surface area contributed by atoms with Crippen molar-refractivity contribution in [3.8, 4) is 0 Å². The molecule has 0 spiro atoms. The van der Waals surface area contributed by atoms with E-state index in [-0.39, 0.29) is 5.69 Å². The molecule has 0 aliphatic heterocycles. The fourth-order valence-corrected chi connectivity index (χ4v) is 1.31. The second-order valence-corrected chi connectivity index (χ2v) is 3.50. The molecule has 0 aromatic carbocycles. The van der Waals surface area contributed by atoms with E-state index in [4.69, 9.17) is 11.5 Å². The molecule has 5 N–H and O–H groups in total. The number of aryl methyl sites for hydroxylation is 1. The van der Waals surface area contributed by atoms with E-state index in [1.165, 1.54) is 6.07 Å². The maximum atomic E-state index is 11.0. The van der Waals surface area contributed by atoms with Gasteiger partial charge >= 0.3 is 0 Å². The molecule has 0 aliphatic rings. The Kier molecular flexibility index (Phi) is 2.65. The fourth-order valence-electron chi connectivity index (χ4n) is 1.31. The standard InChI is InChI=1S/C10H12N6O/c1-16-5-4-8(15-16)14-10-6(11)2-3-7(13-10)9(12)17/h2-5H,11H2,1H3,(H2,12,17)(H,13,14,15). The van der Waals surface area contributed by atoms with E-state index in [0.717, 1.165) is 0 Å². The van der Waals surface area contributed by atoms with Gasteiger partial charge in [0, 0.05) is 19.3 Å². The van der Waals surface area contributed by atoms with Crippen LogP contribution in [0.3, 0.4) is 0 Å². The van der Waals surface area contributed by atoms with Crippen molar-refractivity contribution in [2.24, 2.45) is 12.8 Å². The molecule has 88 valence electrons. The van der Waals surface area contributed by atoms with Crippen molar-refractivity contribution in [1.82, 2.24) is 14.8 Å². The average molecular weight is 232 g/mol.